The zero-order valence-electron chi connectivity index (χ0n) is 10.6. The van der Waals surface area contributed by atoms with E-state index in [1.807, 2.05) is 40.7 Å². The predicted octanol–water partition coefficient (Wildman–Crippen LogP) is 4.41. The SMILES string of the molecule is CC.Cc1nc2cc(F)c(C(C)C)cc2[nH]1.[HH]. The van der Waals surface area contributed by atoms with Crippen molar-refractivity contribution >= 4 is 11.0 Å². The van der Waals surface area contributed by atoms with Gasteiger partial charge in [-0.25, -0.2) is 9.37 Å². The number of halogens is 1. The molecule has 3 heteroatoms. The highest BCUT2D eigenvalue weighted by atomic mass is 19.1. The highest BCUT2D eigenvalue weighted by molar-refractivity contribution is 5.76. The number of fused-ring (bicyclic) bond motifs is 1. The Balaban J connectivity index is 0.000000811. The van der Waals surface area contributed by atoms with Crippen LogP contribution in [0.15, 0.2) is 12.1 Å². The standard InChI is InChI=1S/C11H13FN2.C2H6.H2/c1-6(2)8-4-10-11(5-9(8)12)14-7(3)13-10;1-2;/h4-6H,1-3H3,(H,13,14);1-2H3;1H. The Morgan fingerprint density at radius 2 is 1.94 bits per heavy atom. The summed E-state index contributed by atoms with van der Waals surface area (Å²) in [7, 11) is 0. The van der Waals surface area contributed by atoms with E-state index in [2.05, 4.69) is 9.97 Å². The maximum absolute atomic E-state index is 13.5. The van der Waals surface area contributed by atoms with Gasteiger partial charge in [0, 0.05) is 7.49 Å². The first-order chi connectivity index (χ1) is 7.58. The largest absolute Gasteiger partial charge is 0.342 e. The zero-order valence-corrected chi connectivity index (χ0v) is 10.6. The zero-order chi connectivity index (χ0) is 12.3. The van der Waals surface area contributed by atoms with Gasteiger partial charge in [-0.3, -0.25) is 0 Å². The van der Waals surface area contributed by atoms with E-state index in [1.54, 1.807) is 0 Å². The minimum Gasteiger partial charge on any atom is -0.342 e. The van der Waals surface area contributed by atoms with Crippen LogP contribution in [-0.2, 0) is 0 Å². The van der Waals surface area contributed by atoms with Crippen LogP contribution in [-0.4, -0.2) is 9.97 Å². The van der Waals surface area contributed by atoms with E-state index in [9.17, 15) is 4.39 Å². The molecule has 90 valence electrons. The molecule has 0 aliphatic carbocycles. The molecule has 16 heavy (non-hydrogen) atoms. The molecular formula is C13H21FN2. The van der Waals surface area contributed by atoms with Crippen molar-refractivity contribution < 1.29 is 5.82 Å². The molecule has 0 spiro atoms. The fraction of sp³-hybridized carbons (Fsp3) is 0.462. The van der Waals surface area contributed by atoms with E-state index in [1.165, 1.54) is 6.07 Å². The molecule has 0 unspecified atom stereocenters. The summed E-state index contributed by atoms with van der Waals surface area (Å²) in [6, 6.07) is 3.34. The van der Waals surface area contributed by atoms with E-state index in [0.29, 0.717) is 5.52 Å². The van der Waals surface area contributed by atoms with Crippen molar-refractivity contribution in [2.45, 2.75) is 40.5 Å². The average Bonchev–Trinajstić information content (AvgIpc) is 2.58. The molecule has 1 heterocycles. The Morgan fingerprint density at radius 3 is 2.50 bits per heavy atom. The van der Waals surface area contributed by atoms with Crippen LogP contribution in [0.5, 0.6) is 0 Å². The molecule has 1 N–H and O–H groups in total. The lowest BCUT2D eigenvalue weighted by Crippen LogP contribution is -1.92. The fourth-order valence-corrected chi connectivity index (χ4v) is 1.62. The first kappa shape index (κ1) is 12.7. The Hall–Kier alpha value is -1.38. The van der Waals surface area contributed by atoms with Crippen LogP contribution in [0.2, 0.25) is 0 Å². The summed E-state index contributed by atoms with van der Waals surface area (Å²) in [5.74, 6) is 0.849. The third kappa shape index (κ3) is 2.40. The number of aromatic nitrogens is 2. The normalized spacial score (nSPS) is 10.4. The molecule has 0 radical (unpaired) electrons. The number of hydrogen-bond acceptors (Lipinski definition) is 1. The van der Waals surface area contributed by atoms with Crippen LogP contribution >= 0.6 is 0 Å². The van der Waals surface area contributed by atoms with Crippen LogP contribution in [0.1, 0.15) is 46.4 Å². The van der Waals surface area contributed by atoms with Gasteiger partial charge in [0.25, 0.3) is 0 Å². The maximum atomic E-state index is 13.5. The summed E-state index contributed by atoms with van der Waals surface area (Å²) < 4.78 is 13.5. The van der Waals surface area contributed by atoms with Crippen LogP contribution < -0.4 is 0 Å². The number of nitrogens with one attached hydrogen (secondary N) is 1. The molecule has 0 saturated carbocycles. The van der Waals surface area contributed by atoms with Gasteiger partial charge in [0.2, 0.25) is 0 Å². The first-order valence-electron chi connectivity index (χ1n) is 5.73. The molecule has 1 aromatic carbocycles. The minimum atomic E-state index is -0.168. The Morgan fingerprint density at radius 1 is 1.31 bits per heavy atom. The molecule has 0 saturated heterocycles. The van der Waals surface area contributed by atoms with Crippen molar-refractivity contribution in [3.8, 4) is 0 Å². The molecule has 1 aromatic heterocycles. The number of imidazole rings is 1. The molecule has 0 atom stereocenters. The fourth-order valence-electron chi connectivity index (χ4n) is 1.62. The molecule has 0 aliphatic rings. The summed E-state index contributed by atoms with van der Waals surface area (Å²) >= 11 is 0. The van der Waals surface area contributed by atoms with Gasteiger partial charge in [-0.2, -0.15) is 0 Å². The molecule has 0 fully saturated rings. The van der Waals surface area contributed by atoms with E-state index < -0.39 is 0 Å². The van der Waals surface area contributed by atoms with Crippen LogP contribution in [0, 0.1) is 12.7 Å². The summed E-state index contributed by atoms with van der Waals surface area (Å²) in [5, 5.41) is 0. The van der Waals surface area contributed by atoms with Crippen molar-refractivity contribution in [3.63, 3.8) is 0 Å². The van der Waals surface area contributed by atoms with E-state index in [0.717, 1.165) is 16.9 Å². The molecule has 0 bridgehead atoms. The van der Waals surface area contributed by atoms with Gasteiger partial charge in [0.05, 0.1) is 11.0 Å². The number of rotatable bonds is 1. The number of benzene rings is 1. The van der Waals surface area contributed by atoms with Crippen molar-refractivity contribution in [2.75, 3.05) is 0 Å². The lowest BCUT2D eigenvalue weighted by molar-refractivity contribution is 0.600. The molecule has 2 aromatic rings. The van der Waals surface area contributed by atoms with Crippen LogP contribution in [0.3, 0.4) is 0 Å². The number of aryl methyl sites for hydroxylation is 1. The van der Waals surface area contributed by atoms with Gasteiger partial charge in [-0.15, -0.1) is 0 Å². The third-order valence-electron chi connectivity index (χ3n) is 2.34. The first-order valence-corrected chi connectivity index (χ1v) is 5.73. The van der Waals surface area contributed by atoms with Gasteiger partial charge in [0.15, 0.2) is 0 Å². The smallest absolute Gasteiger partial charge is 0.128 e. The molecule has 2 nitrogen and oxygen atoms in total. The second-order valence-electron chi connectivity index (χ2n) is 3.87. The summed E-state index contributed by atoms with van der Waals surface area (Å²) in [6.45, 7) is 9.83. The predicted molar refractivity (Wildman–Crippen MR) is 68.3 cm³/mol. The van der Waals surface area contributed by atoms with E-state index >= 15 is 0 Å². The molecule has 0 aliphatic heterocycles. The third-order valence-corrected chi connectivity index (χ3v) is 2.34. The lowest BCUT2D eigenvalue weighted by atomic mass is 10.0. The van der Waals surface area contributed by atoms with Gasteiger partial charge in [0.1, 0.15) is 11.6 Å². The van der Waals surface area contributed by atoms with Gasteiger partial charge < -0.3 is 4.98 Å². The number of H-pyrrole nitrogens is 1. The van der Waals surface area contributed by atoms with Gasteiger partial charge in [-0.1, -0.05) is 27.7 Å². The van der Waals surface area contributed by atoms with Crippen molar-refractivity contribution in [3.05, 3.63) is 29.3 Å². The summed E-state index contributed by atoms with van der Waals surface area (Å²) in [6.07, 6.45) is 0. The topological polar surface area (TPSA) is 28.7 Å². The Labute approximate surface area is 97.4 Å². The minimum absolute atomic E-state index is 0. The van der Waals surface area contributed by atoms with Gasteiger partial charge >= 0.3 is 0 Å². The highest BCUT2D eigenvalue weighted by Crippen LogP contribution is 2.23. The molecular weight excluding hydrogens is 203 g/mol. The van der Waals surface area contributed by atoms with Crippen molar-refractivity contribution in [2.24, 2.45) is 0 Å². The maximum Gasteiger partial charge on any atom is 0.128 e. The monoisotopic (exact) mass is 224 g/mol. The Kier molecular flexibility index (Phi) is 4.05. The number of aromatic amines is 1. The average molecular weight is 224 g/mol. The highest BCUT2D eigenvalue weighted by Gasteiger charge is 2.09. The Bertz CT molecular complexity index is 477. The van der Waals surface area contributed by atoms with E-state index in [-0.39, 0.29) is 13.2 Å². The van der Waals surface area contributed by atoms with Crippen molar-refractivity contribution in [1.82, 2.24) is 9.97 Å². The molecule has 0 amide bonds. The van der Waals surface area contributed by atoms with Crippen molar-refractivity contribution in [1.29, 1.82) is 0 Å². The lowest BCUT2D eigenvalue weighted by Gasteiger charge is -2.05. The second-order valence-corrected chi connectivity index (χ2v) is 3.87. The van der Waals surface area contributed by atoms with Crippen LogP contribution in [0.4, 0.5) is 4.39 Å². The quantitative estimate of drug-likeness (QED) is 0.763. The summed E-state index contributed by atoms with van der Waals surface area (Å²) in [5.41, 5.74) is 2.35. The van der Waals surface area contributed by atoms with E-state index in [4.69, 9.17) is 0 Å². The summed E-state index contributed by atoms with van der Waals surface area (Å²) in [4.78, 5) is 7.28. The van der Waals surface area contributed by atoms with Crippen LogP contribution in [0.25, 0.3) is 11.0 Å². The second kappa shape index (κ2) is 5.10. The molecule has 2 rings (SSSR count). The number of nitrogens with zero attached hydrogens (tertiary/aromatic N) is 1. The van der Waals surface area contributed by atoms with Gasteiger partial charge in [-0.05, 0) is 24.5 Å². The number of hydrogen-bond donors (Lipinski definition) is 1.